The highest BCUT2D eigenvalue weighted by molar-refractivity contribution is 7.90. The van der Waals surface area contributed by atoms with Crippen molar-refractivity contribution in [1.29, 1.82) is 0 Å². The van der Waals surface area contributed by atoms with Crippen LogP contribution in [0.25, 0.3) is 21.7 Å². The summed E-state index contributed by atoms with van der Waals surface area (Å²) in [5, 5.41) is 20.5. The number of aliphatic hydroxyl groups is 1. The average Bonchev–Trinajstić information content (AvgIpc) is 3.23. The van der Waals surface area contributed by atoms with Crippen LogP contribution in [-0.2, 0) is 16.4 Å². The van der Waals surface area contributed by atoms with Crippen molar-refractivity contribution < 1.29 is 13.5 Å². The first-order valence-corrected chi connectivity index (χ1v) is 13.5. The van der Waals surface area contributed by atoms with Gasteiger partial charge in [-0.1, -0.05) is 5.92 Å². The Morgan fingerprint density at radius 2 is 1.76 bits per heavy atom. The molecule has 186 valence electrons. The third-order valence-corrected chi connectivity index (χ3v) is 6.84. The molecule has 37 heavy (non-hydrogen) atoms. The lowest BCUT2D eigenvalue weighted by molar-refractivity contribution is 0.0591. The Morgan fingerprint density at radius 3 is 2.49 bits per heavy atom. The summed E-state index contributed by atoms with van der Waals surface area (Å²) < 4.78 is 25.2. The van der Waals surface area contributed by atoms with Crippen LogP contribution in [0.3, 0.4) is 0 Å². The monoisotopic (exact) mass is 511 g/mol. The van der Waals surface area contributed by atoms with E-state index in [0.29, 0.717) is 23.7 Å². The van der Waals surface area contributed by atoms with Crippen LogP contribution in [0.15, 0.2) is 78.1 Å². The summed E-state index contributed by atoms with van der Waals surface area (Å²) in [4.78, 5) is 9.20. The van der Waals surface area contributed by atoms with E-state index >= 15 is 0 Å². The number of pyridine rings is 2. The molecule has 0 aliphatic carbocycles. The Kier molecular flexibility index (Phi) is 6.15. The first-order valence-electron chi connectivity index (χ1n) is 11.6. The fourth-order valence-electron chi connectivity index (χ4n) is 3.94. The maximum atomic E-state index is 11.7. The van der Waals surface area contributed by atoms with Crippen molar-refractivity contribution in [2.24, 2.45) is 0 Å². The molecule has 0 fully saturated rings. The van der Waals surface area contributed by atoms with Crippen LogP contribution in [0.5, 0.6) is 0 Å². The molecule has 2 N–H and O–H groups in total. The molecule has 0 bridgehead atoms. The maximum absolute atomic E-state index is 11.7. The molecule has 0 radical (unpaired) electrons. The summed E-state index contributed by atoms with van der Waals surface area (Å²) in [7, 11) is -3.26. The molecule has 8 nitrogen and oxygen atoms in total. The van der Waals surface area contributed by atoms with Crippen molar-refractivity contribution in [3.05, 3.63) is 84.4 Å². The number of nitrogens with one attached hydrogen (secondary N) is 1. The predicted molar refractivity (Wildman–Crippen MR) is 144 cm³/mol. The fourth-order valence-corrected chi connectivity index (χ4v) is 4.57. The second-order valence-electron chi connectivity index (χ2n) is 9.51. The van der Waals surface area contributed by atoms with Gasteiger partial charge in [0.2, 0.25) is 0 Å². The third kappa shape index (κ3) is 5.61. The van der Waals surface area contributed by atoms with Crippen LogP contribution in [0.4, 0.5) is 11.5 Å². The molecule has 5 rings (SSSR count). The number of sulfone groups is 1. The standard InChI is InChI=1S/C28H25N5O3S/c1-28(2,34)18-33-26-14-19(4-6-21(26)17-31-33)5-11-25-24-15-27(30-16-20(24)12-13-29-25)32-22-7-9-23(10-8-22)37(3,35)36/h4,6-10,12-17,34H,18H2,1-3H3,(H,30,32). The molecule has 0 aliphatic rings. The van der Waals surface area contributed by atoms with Crippen molar-refractivity contribution in [2.45, 2.75) is 30.9 Å². The zero-order valence-corrected chi connectivity index (χ0v) is 21.4. The maximum Gasteiger partial charge on any atom is 0.175 e. The van der Waals surface area contributed by atoms with Crippen LogP contribution in [0.2, 0.25) is 0 Å². The van der Waals surface area contributed by atoms with Gasteiger partial charge in [-0.05, 0) is 74.4 Å². The Morgan fingerprint density at radius 1 is 0.973 bits per heavy atom. The molecule has 3 heterocycles. The number of nitrogens with zero attached hydrogens (tertiary/aromatic N) is 4. The topological polar surface area (TPSA) is 110 Å². The smallest absolute Gasteiger partial charge is 0.175 e. The van der Waals surface area contributed by atoms with Crippen LogP contribution < -0.4 is 5.32 Å². The Balaban J connectivity index is 1.45. The summed E-state index contributed by atoms with van der Waals surface area (Å²) in [6, 6.07) is 16.1. The molecule has 0 amide bonds. The number of fused-ring (bicyclic) bond motifs is 2. The van der Waals surface area contributed by atoms with Gasteiger partial charge in [0.15, 0.2) is 9.84 Å². The van der Waals surface area contributed by atoms with Gasteiger partial charge in [-0.2, -0.15) is 5.10 Å². The number of benzene rings is 2. The number of rotatable bonds is 5. The SMILES string of the molecule is CC(C)(O)Cn1ncc2ccc(C#Cc3nccc4cnc(Nc5ccc(S(C)(=O)=O)cc5)cc34)cc21. The van der Waals surface area contributed by atoms with Crippen molar-refractivity contribution in [3.8, 4) is 11.8 Å². The van der Waals surface area contributed by atoms with E-state index in [1.54, 1.807) is 61.4 Å². The molecule has 9 heteroatoms. The minimum Gasteiger partial charge on any atom is -0.389 e. The van der Waals surface area contributed by atoms with E-state index in [0.717, 1.165) is 27.2 Å². The third-order valence-electron chi connectivity index (χ3n) is 5.71. The number of aromatic nitrogens is 4. The van der Waals surface area contributed by atoms with Gasteiger partial charge in [0.05, 0.1) is 28.8 Å². The molecule has 0 aliphatic heterocycles. The average molecular weight is 512 g/mol. The lowest BCUT2D eigenvalue weighted by atomic mass is 10.1. The summed E-state index contributed by atoms with van der Waals surface area (Å²) >= 11 is 0. The Bertz CT molecular complexity index is 1790. The molecular formula is C28H25N5O3S. The van der Waals surface area contributed by atoms with E-state index in [9.17, 15) is 13.5 Å². The molecule has 0 saturated carbocycles. The lowest BCUT2D eigenvalue weighted by Gasteiger charge is -2.17. The Labute approximate surface area is 214 Å². The van der Waals surface area contributed by atoms with Crippen LogP contribution >= 0.6 is 0 Å². The van der Waals surface area contributed by atoms with E-state index in [-0.39, 0.29) is 4.90 Å². The minimum atomic E-state index is -3.26. The van der Waals surface area contributed by atoms with Crippen molar-refractivity contribution in [2.75, 3.05) is 11.6 Å². The van der Waals surface area contributed by atoms with Gasteiger partial charge in [0.1, 0.15) is 11.5 Å². The lowest BCUT2D eigenvalue weighted by Crippen LogP contribution is -2.26. The molecule has 2 aromatic carbocycles. The zero-order chi connectivity index (χ0) is 26.2. The zero-order valence-electron chi connectivity index (χ0n) is 20.6. The second kappa shape index (κ2) is 9.32. The number of anilines is 2. The van der Waals surface area contributed by atoms with Gasteiger partial charge in [-0.15, -0.1) is 0 Å². The van der Waals surface area contributed by atoms with Gasteiger partial charge in [0, 0.05) is 46.1 Å². The fraction of sp³-hybridized carbons (Fsp3) is 0.179. The van der Waals surface area contributed by atoms with Crippen LogP contribution in [-0.4, -0.2) is 45.1 Å². The number of hydrogen-bond acceptors (Lipinski definition) is 7. The largest absolute Gasteiger partial charge is 0.389 e. The summed E-state index contributed by atoms with van der Waals surface area (Å²) in [5.74, 6) is 6.97. The van der Waals surface area contributed by atoms with E-state index in [1.165, 1.54) is 6.26 Å². The van der Waals surface area contributed by atoms with Crippen molar-refractivity contribution in [1.82, 2.24) is 19.7 Å². The minimum absolute atomic E-state index is 0.257. The quantitative estimate of drug-likeness (QED) is 0.339. The van der Waals surface area contributed by atoms with Gasteiger partial charge in [-0.3, -0.25) is 4.68 Å². The summed E-state index contributed by atoms with van der Waals surface area (Å²) in [6.45, 7) is 3.87. The second-order valence-corrected chi connectivity index (χ2v) is 11.5. The van der Waals surface area contributed by atoms with Gasteiger partial charge in [0.25, 0.3) is 0 Å². The molecule has 0 spiro atoms. The highest BCUT2D eigenvalue weighted by atomic mass is 32.2. The molecule has 3 aromatic heterocycles. The van der Waals surface area contributed by atoms with E-state index in [2.05, 4.69) is 32.2 Å². The predicted octanol–water partition coefficient (Wildman–Crippen LogP) is 4.30. The van der Waals surface area contributed by atoms with E-state index in [4.69, 9.17) is 0 Å². The highest BCUT2D eigenvalue weighted by Gasteiger charge is 2.15. The van der Waals surface area contributed by atoms with Gasteiger partial charge < -0.3 is 10.4 Å². The van der Waals surface area contributed by atoms with Crippen molar-refractivity contribution in [3.63, 3.8) is 0 Å². The van der Waals surface area contributed by atoms with Gasteiger partial charge >= 0.3 is 0 Å². The van der Waals surface area contributed by atoms with E-state index in [1.807, 2.05) is 30.3 Å². The molecule has 0 saturated heterocycles. The summed E-state index contributed by atoms with van der Waals surface area (Å²) in [6.07, 6.45) is 6.41. The molecular weight excluding hydrogens is 486 g/mol. The molecule has 0 atom stereocenters. The van der Waals surface area contributed by atoms with Crippen LogP contribution in [0.1, 0.15) is 25.1 Å². The van der Waals surface area contributed by atoms with Gasteiger partial charge in [-0.25, -0.2) is 18.4 Å². The highest BCUT2D eigenvalue weighted by Crippen LogP contribution is 2.23. The molecule has 5 aromatic rings. The molecule has 0 unspecified atom stereocenters. The van der Waals surface area contributed by atoms with E-state index < -0.39 is 15.4 Å². The Hall–Kier alpha value is -4.26. The first kappa shape index (κ1) is 24.4. The summed E-state index contributed by atoms with van der Waals surface area (Å²) in [5.41, 5.74) is 2.15. The van der Waals surface area contributed by atoms with Crippen LogP contribution in [0, 0.1) is 11.8 Å². The number of hydrogen-bond donors (Lipinski definition) is 2. The normalized spacial score (nSPS) is 11.9. The van der Waals surface area contributed by atoms with Crippen molar-refractivity contribution >= 4 is 43.0 Å². The first-order chi connectivity index (χ1) is 17.5.